The summed E-state index contributed by atoms with van der Waals surface area (Å²) in [5.41, 5.74) is 6.54. The standard InChI is InChI=1S/C17H18F3NO/c1-12(21)9-14-6-2-3-8-16(14)22-11-13-5-4-7-15(10-13)17(18,19)20/h2-8,10,12H,9,11,21H2,1H3. The monoisotopic (exact) mass is 309 g/mol. The van der Waals surface area contributed by atoms with Crippen LogP contribution in [0.15, 0.2) is 48.5 Å². The highest BCUT2D eigenvalue weighted by Crippen LogP contribution is 2.30. The van der Waals surface area contributed by atoms with Crippen LogP contribution in [0.5, 0.6) is 5.75 Å². The molecule has 2 aromatic rings. The fourth-order valence-corrected chi connectivity index (χ4v) is 2.16. The van der Waals surface area contributed by atoms with Gasteiger partial charge in [0.25, 0.3) is 0 Å². The molecule has 0 bridgehead atoms. The molecule has 0 heterocycles. The van der Waals surface area contributed by atoms with E-state index >= 15 is 0 Å². The van der Waals surface area contributed by atoms with Gasteiger partial charge >= 0.3 is 6.18 Å². The molecule has 2 N–H and O–H groups in total. The molecular formula is C17H18F3NO. The van der Waals surface area contributed by atoms with E-state index in [2.05, 4.69) is 0 Å². The lowest BCUT2D eigenvalue weighted by Crippen LogP contribution is -2.18. The highest BCUT2D eigenvalue weighted by Gasteiger charge is 2.30. The lowest BCUT2D eigenvalue weighted by Gasteiger charge is -2.14. The molecule has 0 saturated heterocycles. The van der Waals surface area contributed by atoms with Crippen LogP contribution in [0.4, 0.5) is 13.2 Å². The quantitative estimate of drug-likeness (QED) is 0.899. The first-order chi connectivity index (χ1) is 10.4. The summed E-state index contributed by atoms with van der Waals surface area (Å²) >= 11 is 0. The van der Waals surface area contributed by atoms with E-state index in [1.165, 1.54) is 6.07 Å². The predicted octanol–water partition coefficient (Wildman–Crippen LogP) is 4.17. The molecule has 0 aliphatic heterocycles. The van der Waals surface area contributed by atoms with E-state index in [1.807, 2.05) is 25.1 Å². The number of ether oxygens (including phenoxy) is 1. The SMILES string of the molecule is CC(N)Cc1ccccc1OCc1cccc(C(F)(F)F)c1. The maximum absolute atomic E-state index is 12.7. The molecule has 0 saturated carbocycles. The van der Waals surface area contributed by atoms with Crippen molar-refractivity contribution in [2.75, 3.05) is 0 Å². The Labute approximate surface area is 127 Å². The second-order valence-electron chi connectivity index (χ2n) is 5.28. The highest BCUT2D eigenvalue weighted by molar-refractivity contribution is 5.34. The lowest BCUT2D eigenvalue weighted by atomic mass is 10.1. The van der Waals surface area contributed by atoms with Crippen molar-refractivity contribution >= 4 is 0 Å². The second kappa shape index (κ2) is 6.83. The molecule has 1 atom stereocenters. The third kappa shape index (κ3) is 4.49. The van der Waals surface area contributed by atoms with Crippen molar-refractivity contribution in [3.63, 3.8) is 0 Å². The molecule has 22 heavy (non-hydrogen) atoms. The Morgan fingerprint density at radius 3 is 2.50 bits per heavy atom. The smallest absolute Gasteiger partial charge is 0.416 e. The molecule has 2 nitrogen and oxygen atoms in total. The summed E-state index contributed by atoms with van der Waals surface area (Å²) in [4.78, 5) is 0. The van der Waals surface area contributed by atoms with Crippen molar-refractivity contribution < 1.29 is 17.9 Å². The molecule has 0 radical (unpaired) electrons. The number of alkyl halides is 3. The Balaban J connectivity index is 2.11. The van der Waals surface area contributed by atoms with Crippen LogP contribution < -0.4 is 10.5 Å². The first kappa shape index (κ1) is 16.4. The fourth-order valence-electron chi connectivity index (χ4n) is 2.16. The van der Waals surface area contributed by atoms with Gasteiger partial charge in [-0.05, 0) is 42.7 Å². The fraction of sp³-hybridized carbons (Fsp3) is 0.294. The zero-order valence-corrected chi connectivity index (χ0v) is 12.2. The summed E-state index contributed by atoms with van der Waals surface area (Å²) in [5, 5.41) is 0. The Morgan fingerprint density at radius 2 is 1.82 bits per heavy atom. The number of rotatable bonds is 5. The van der Waals surface area contributed by atoms with Crippen molar-refractivity contribution in [1.29, 1.82) is 0 Å². The molecule has 2 aromatic carbocycles. The van der Waals surface area contributed by atoms with Crippen molar-refractivity contribution in [1.82, 2.24) is 0 Å². The molecule has 1 unspecified atom stereocenters. The van der Waals surface area contributed by atoms with Gasteiger partial charge < -0.3 is 10.5 Å². The predicted molar refractivity (Wildman–Crippen MR) is 79.6 cm³/mol. The van der Waals surface area contributed by atoms with E-state index < -0.39 is 11.7 Å². The molecule has 0 aliphatic carbocycles. The average molecular weight is 309 g/mol. The minimum absolute atomic E-state index is 0.0155. The van der Waals surface area contributed by atoms with Crippen LogP contribution in [-0.2, 0) is 19.2 Å². The Bertz CT molecular complexity index is 623. The van der Waals surface area contributed by atoms with Crippen LogP contribution >= 0.6 is 0 Å². The molecule has 0 aromatic heterocycles. The summed E-state index contributed by atoms with van der Waals surface area (Å²) in [6.07, 6.45) is -3.69. The van der Waals surface area contributed by atoms with Gasteiger partial charge in [0.1, 0.15) is 12.4 Å². The van der Waals surface area contributed by atoms with Crippen LogP contribution in [0.1, 0.15) is 23.6 Å². The summed E-state index contributed by atoms with van der Waals surface area (Å²) in [6.45, 7) is 1.98. The molecule has 5 heteroatoms. The third-order valence-electron chi connectivity index (χ3n) is 3.16. The molecule has 0 amide bonds. The molecule has 2 rings (SSSR count). The van der Waals surface area contributed by atoms with Crippen LogP contribution in [-0.4, -0.2) is 6.04 Å². The van der Waals surface area contributed by atoms with Crippen molar-refractivity contribution in [3.8, 4) is 5.75 Å². The highest BCUT2D eigenvalue weighted by atomic mass is 19.4. The van der Waals surface area contributed by atoms with E-state index in [0.717, 1.165) is 17.7 Å². The van der Waals surface area contributed by atoms with Crippen LogP contribution in [0.25, 0.3) is 0 Å². The van der Waals surface area contributed by atoms with Gasteiger partial charge in [-0.1, -0.05) is 30.3 Å². The lowest BCUT2D eigenvalue weighted by molar-refractivity contribution is -0.137. The number of para-hydroxylation sites is 1. The van der Waals surface area contributed by atoms with Gasteiger partial charge in [0.15, 0.2) is 0 Å². The van der Waals surface area contributed by atoms with Gasteiger partial charge in [-0.15, -0.1) is 0 Å². The maximum atomic E-state index is 12.7. The van der Waals surface area contributed by atoms with E-state index in [9.17, 15) is 13.2 Å². The van der Waals surface area contributed by atoms with Gasteiger partial charge in [0.2, 0.25) is 0 Å². The van der Waals surface area contributed by atoms with Crippen molar-refractivity contribution in [2.45, 2.75) is 32.2 Å². The van der Waals surface area contributed by atoms with Gasteiger partial charge in [0.05, 0.1) is 5.56 Å². The Kier molecular flexibility index (Phi) is 5.08. The molecule has 0 aliphatic rings. The van der Waals surface area contributed by atoms with Crippen LogP contribution in [0, 0.1) is 0 Å². The Morgan fingerprint density at radius 1 is 1.09 bits per heavy atom. The number of hydrogen-bond acceptors (Lipinski definition) is 2. The molecule has 0 spiro atoms. The van der Waals surface area contributed by atoms with Gasteiger partial charge in [-0.2, -0.15) is 13.2 Å². The van der Waals surface area contributed by atoms with Crippen molar-refractivity contribution in [2.24, 2.45) is 5.73 Å². The van der Waals surface area contributed by atoms with E-state index in [1.54, 1.807) is 12.1 Å². The second-order valence-corrected chi connectivity index (χ2v) is 5.28. The molecule has 118 valence electrons. The normalized spacial score (nSPS) is 13.0. The topological polar surface area (TPSA) is 35.2 Å². The summed E-state index contributed by atoms with van der Waals surface area (Å²) in [6, 6.07) is 12.6. The maximum Gasteiger partial charge on any atom is 0.416 e. The molecule has 0 fully saturated rings. The van der Waals surface area contributed by atoms with E-state index in [-0.39, 0.29) is 12.6 Å². The summed E-state index contributed by atoms with van der Waals surface area (Å²) in [7, 11) is 0. The number of nitrogens with two attached hydrogens (primary N) is 1. The number of benzene rings is 2. The zero-order chi connectivity index (χ0) is 16.2. The minimum atomic E-state index is -4.34. The molecular weight excluding hydrogens is 291 g/mol. The summed E-state index contributed by atoms with van der Waals surface area (Å²) in [5.74, 6) is 0.650. The first-order valence-corrected chi connectivity index (χ1v) is 6.98. The van der Waals surface area contributed by atoms with Gasteiger partial charge in [0, 0.05) is 6.04 Å². The van der Waals surface area contributed by atoms with E-state index in [4.69, 9.17) is 10.5 Å². The van der Waals surface area contributed by atoms with E-state index in [0.29, 0.717) is 17.7 Å². The van der Waals surface area contributed by atoms with Gasteiger partial charge in [-0.25, -0.2) is 0 Å². The minimum Gasteiger partial charge on any atom is -0.489 e. The average Bonchev–Trinajstić information content (AvgIpc) is 2.45. The third-order valence-corrected chi connectivity index (χ3v) is 3.16. The summed E-state index contributed by atoms with van der Waals surface area (Å²) < 4.78 is 43.7. The largest absolute Gasteiger partial charge is 0.489 e. The number of halogens is 3. The Hall–Kier alpha value is -2.01. The van der Waals surface area contributed by atoms with Crippen LogP contribution in [0.3, 0.4) is 0 Å². The van der Waals surface area contributed by atoms with Crippen LogP contribution in [0.2, 0.25) is 0 Å². The first-order valence-electron chi connectivity index (χ1n) is 6.98. The zero-order valence-electron chi connectivity index (χ0n) is 12.2. The van der Waals surface area contributed by atoms with Gasteiger partial charge in [-0.3, -0.25) is 0 Å². The van der Waals surface area contributed by atoms with Crippen molar-refractivity contribution in [3.05, 3.63) is 65.2 Å². The number of hydrogen-bond donors (Lipinski definition) is 1.